The Hall–Kier alpha value is -2.84. The Morgan fingerprint density at radius 2 is 1.93 bits per heavy atom. The molecule has 1 unspecified atom stereocenters. The summed E-state index contributed by atoms with van der Waals surface area (Å²) >= 11 is 0. The minimum atomic E-state index is -0.778. The molecule has 1 N–H and O–H groups in total. The number of unbranched alkanes of at least 4 members (excludes halogenated alkanes) is 1. The summed E-state index contributed by atoms with van der Waals surface area (Å²) in [5.41, 5.74) is 3.37. The summed E-state index contributed by atoms with van der Waals surface area (Å²) in [7, 11) is 8.56. The number of ether oxygens (including phenoxy) is 1. The lowest BCUT2D eigenvalue weighted by atomic mass is 9.83. The topological polar surface area (TPSA) is 75.0 Å². The lowest BCUT2D eigenvalue weighted by Crippen LogP contribution is -2.45. The number of fused-ring (bicyclic) bond motifs is 1. The average molecular weight is 554 g/mol. The number of hydrogen-bond acceptors (Lipinski definition) is 4. The van der Waals surface area contributed by atoms with Crippen LogP contribution in [0.2, 0.25) is 0 Å². The molecule has 220 valence electrons. The zero-order valence-electron chi connectivity index (χ0n) is 25.1. The molecular formula is C32H49N4O4+. The molecule has 4 rings (SSSR count). The van der Waals surface area contributed by atoms with Crippen LogP contribution in [-0.4, -0.2) is 102 Å². The third-order valence-corrected chi connectivity index (χ3v) is 8.65. The summed E-state index contributed by atoms with van der Waals surface area (Å²) in [4.78, 5) is 30.8. The Kier molecular flexibility index (Phi) is 9.95. The van der Waals surface area contributed by atoms with E-state index in [-0.39, 0.29) is 24.4 Å². The molecule has 0 spiro atoms. The van der Waals surface area contributed by atoms with Crippen molar-refractivity contribution in [1.29, 1.82) is 0 Å². The first-order valence-corrected chi connectivity index (χ1v) is 15.0. The number of carboxylic acid groups (broad SMARTS) is 1. The van der Waals surface area contributed by atoms with Crippen molar-refractivity contribution in [2.45, 2.75) is 57.4 Å². The van der Waals surface area contributed by atoms with E-state index in [0.717, 1.165) is 73.1 Å². The maximum absolute atomic E-state index is 13.8. The third kappa shape index (κ3) is 7.46. The lowest BCUT2D eigenvalue weighted by molar-refractivity contribution is -0.870. The number of carboxylic acids is 1. The van der Waals surface area contributed by atoms with Crippen molar-refractivity contribution >= 4 is 11.9 Å². The van der Waals surface area contributed by atoms with Crippen LogP contribution >= 0.6 is 0 Å². The number of amides is 1. The SMILES string of the molecule is CCCCN(CCC[N+](C)(C)C)C(=O)CN1C[C@H](c2ccc3c(c2)CCO3)C(C(=O)O)[C@@H]1CCc1cccn1C. The fraction of sp³-hybridized carbons (Fsp3) is 0.625. The Morgan fingerprint density at radius 1 is 1.15 bits per heavy atom. The molecule has 2 aliphatic rings. The Labute approximate surface area is 240 Å². The van der Waals surface area contributed by atoms with Crippen LogP contribution in [0.4, 0.5) is 0 Å². The van der Waals surface area contributed by atoms with Crippen LogP contribution in [0.3, 0.4) is 0 Å². The maximum atomic E-state index is 13.8. The molecule has 1 amide bonds. The number of nitrogens with zero attached hydrogens (tertiary/aromatic N) is 4. The summed E-state index contributed by atoms with van der Waals surface area (Å²) in [6.45, 7) is 6.16. The average Bonchev–Trinajstić information content (AvgIpc) is 3.62. The first-order valence-electron chi connectivity index (χ1n) is 15.0. The third-order valence-electron chi connectivity index (χ3n) is 8.65. The molecule has 1 fully saturated rings. The van der Waals surface area contributed by atoms with Gasteiger partial charge in [0.25, 0.3) is 0 Å². The second-order valence-corrected chi connectivity index (χ2v) is 12.7. The molecule has 40 heavy (non-hydrogen) atoms. The van der Waals surface area contributed by atoms with Crippen LogP contribution in [0.25, 0.3) is 0 Å². The van der Waals surface area contributed by atoms with Crippen LogP contribution in [-0.2, 0) is 29.5 Å². The summed E-state index contributed by atoms with van der Waals surface area (Å²) in [5.74, 6) is -0.501. The van der Waals surface area contributed by atoms with Crippen molar-refractivity contribution in [3.8, 4) is 5.75 Å². The van der Waals surface area contributed by atoms with E-state index >= 15 is 0 Å². The quantitative estimate of drug-likeness (QED) is 0.361. The molecular weight excluding hydrogens is 504 g/mol. The number of aliphatic carboxylic acids is 1. The molecule has 1 aromatic heterocycles. The lowest BCUT2D eigenvalue weighted by Gasteiger charge is -2.31. The van der Waals surface area contributed by atoms with E-state index in [0.29, 0.717) is 19.6 Å². The fourth-order valence-electron chi connectivity index (χ4n) is 6.40. The van der Waals surface area contributed by atoms with Gasteiger partial charge < -0.3 is 23.8 Å². The van der Waals surface area contributed by atoms with Crippen molar-refractivity contribution in [2.24, 2.45) is 13.0 Å². The molecule has 2 aliphatic heterocycles. The second-order valence-electron chi connectivity index (χ2n) is 12.7. The summed E-state index contributed by atoms with van der Waals surface area (Å²) < 4.78 is 8.68. The zero-order valence-corrected chi connectivity index (χ0v) is 25.1. The van der Waals surface area contributed by atoms with Gasteiger partial charge in [0.1, 0.15) is 5.75 Å². The summed E-state index contributed by atoms with van der Waals surface area (Å²) in [6, 6.07) is 10.1. The number of carbonyl (C=O) groups is 2. The van der Waals surface area contributed by atoms with Gasteiger partial charge in [-0.1, -0.05) is 25.5 Å². The molecule has 1 saturated heterocycles. The predicted molar refractivity (Wildman–Crippen MR) is 158 cm³/mol. The van der Waals surface area contributed by atoms with Crippen LogP contribution < -0.4 is 4.74 Å². The van der Waals surface area contributed by atoms with Crippen LogP contribution in [0.15, 0.2) is 36.5 Å². The zero-order chi connectivity index (χ0) is 28.9. The molecule has 2 aromatic rings. The van der Waals surface area contributed by atoms with Gasteiger partial charge in [-0.2, -0.15) is 0 Å². The summed E-state index contributed by atoms with van der Waals surface area (Å²) in [5, 5.41) is 10.5. The Bertz CT molecular complexity index is 1150. The van der Waals surface area contributed by atoms with E-state index in [1.165, 1.54) is 5.69 Å². The molecule has 0 radical (unpaired) electrons. The highest BCUT2D eigenvalue weighted by Crippen LogP contribution is 2.41. The molecule has 0 saturated carbocycles. The number of likely N-dealkylation sites (tertiary alicyclic amines) is 1. The first-order chi connectivity index (χ1) is 19.1. The van der Waals surface area contributed by atoms with Crippen molar-refractivity contribution in [1.82, 2.24) is 14.4 Å². The van der Waals surface area contributed by atoms with E-state index in [1.54, 1.807) is 0 Å². The smallest absolute Gasteiger partial charge is 0.308 e. The van der Waals surface area contributed by atoms with E-state index in [2.05, 4.69) is 49.7 Å². The van der Waals surface area contributed by atoms with Crippen LogP contribution in [0.1, 0.15) is 55.3 Å². The minimum absolute atomic E-state index is 0.117. The van der Waals surface area contributed by atoms with Gasteiger partial charge in [-0.05, 0) is 48.6 Å². The number of benzene rings is 1. The van der Waals surface area contributed by atoms with Crippen LogP contribution in [0.5, 0.6) is 5.75 Å². The summed E-state index contributed by atoms with van der Waals surface area (Å²) in [6.07, 6.45) is 7.31. The van der Waals surface area contributed by atoms with E-state index in [1.807, 2.05) is 36.3 Å². The monoisotopic (exact) mass is 553 g/mol. The highest BCUT2D eigenvalue weighted by molar-refractivity contribution is 5.79. The molecule has 0 aliphatic carbocycles. The van der Waals surface area contributed by atoms with Gasteiger partial charge in [0.2, 0.25) is 5.91 Å². The molecule has 1 aromatic carbocycles. The van der Waals surface area contributed by atoms with Gasteiger partial charge in [0.05, 0.1) is 46.8 Å². The predicted octanol–water partition coefficient (Wildman–Crippen LogP) is 3.79. The van der Waals surface area contributed by atoms with E-state index in [4.69, 9.17) is 4.74 Å². The van der Waals surface area contributed by atoms with Crippen molar-refractivity contribution in [3.63, 3.8) is 0 Å². The Balaban J connectivity index is 1.57. The maximum Gasteiger partial charge on any atom is 0.308 e. The highest BCUT2D eigenvalue weighted by atomic mass is 16.5. The number of hydrogen-bond donors (Lipinski definition) is 1. The number of aromatic nitrogens is 1. The van der Waals surface area contributed by atoms with E-state index in [9.17, 15) is 14.7 Å². The number of aryl methyl sites for hydroxylation is 2. The molecule has 3 heterocycles. The molecule has 8 nitrogen and oxygen atoms in total. The largest absolute Gasteiger partial charge is 0.493 e. The number of carbonyl (C=O) groups excluding carboxylic acids is 1. The van der Waals surface area contributed by atoms with Crippen LogP contribution in [0, 0.1) is 5.92 Å². The molecule has 0 bridgehead atoms. The minimum Gasteiger partial charge on any atom is -0.493 e. The van der Waals surface area contributed by atoms with Gasteiger partial charge >= 0.3 is 5.97 Å². The molecule has 3 atom stereocenters. The number of quaternary nitrogens is 1. The van der Waals surface area contributed by atoms with Gasteiger partial charge in [-0.25, -0.2) is 0 Å². The normalized spacial score (nSPS) is 20.9. The highest BCUT2D eigenvalue weighted by Gasteiger charge is 2.47. The standard InChI is InChI=1S/C32H48N4O4/c1-6-7-17-34(18-9-19-36(3,4)5)30(37)23-35-22-27(24-11-14-29-25(21-24)15-20-40-29)31(32(38)39)28(35)13-12-26-10-8-16-33(26)2/h8,10-11,14,16,21,27-28,31H,6-7,9,12-13,15,17-20,22-23H2,1-5H3/p+1/t27-,28+,31?/m1/s1. The first kappa shape index (κ1) is 30.1. The van der Waals surface area contributed by atoms with Gasteiger partial charge in [-0.15, -0.1) is 0 Å². The Morgan fingerprint density at radius 3 is 2.60 bits per heavy atom. The van der Waals surface area contributed by atoms with Gasteiger partial charge in [-0.3, -0.25) is 14.5 Å². The van der Waals surface area contributed by atoms with Crippen molar-refractivity contribution in [3.05, 3.63) is 53.3 Å². The number of rotatable bonds is 14. The van der Waals surface area contributed by atoms with Gasteiger partial charge in [0.15, 0.2) is 0 Å². The van der Waals surface area contributed by atoms with E-state index < -0.39 is 11.9 Å². The second kappa shape index (κ2) is 13.2. The van der Waals surface area contributed by atoms with Gasteiger partial charge in [0, 0.05) is 63.4 Å². The molecule has 8 heteroatoms. The fourth-order valence-corrected chi connectivity index (χ4v) is 6.40. The van der Waals surface area contributed by atoms with Crippen molar-refractivity contribution in [2.75, 3.05) is 60.5 Å². The van der Waals surface area contributed by atoms with Crippen molar-refractivity contribution < 1.29 is 23.9 Å².